The number of thiophene rings is 1. The SMILES string of the molecule is CN(C(=O)OC(C)(C)C)C1Cc2scc(C(F)(F)F)c2C1. The van der Waals surface area contributed by atoms with Crippen molar-refractivity contribution in [2.24, 2.45) is 0 Å². The van der Waals surface area contributed by atoms with E-state index >= 15 is 0 Å². The second-order valence-electron chi connectivity index (χ2n) is 6.20. The zero-order valence-electron chi connectivity index (χ0n) is 12.4. The molecule has 1 atom stereocenters. The van der Waals surface area contributed by atoms with Crippen LogP contribution in [0.3, 0.4) is 0 Å². The van der Waals surface area contributed by atoms with Crippen LogP contribution in [0.25, 0.3) is 0 Å². The van der Waals surface area contributed by atoms with Gasteiger partial charge < -0.3 is 9.64 Å². The van der Waals surface area contributed by atoms with Gasteiger partial charge in [0.2, 0.25) is 0 Å². The van der Waals surface area contributed by atoms with E-state index in [0.717, 1.165) is 16.7 Å². The predicted octanol–water partition coefficient (Wildman–Crippen LogP) is 4.10. The Morgan fingerprint density at radius 3 is 2.48 bits per heavy atom. The minimum absolute atomic E-state index is 0.226. The van der Waals surface area contributed by atoms with Crippen LogP contribution >= 0.6 is 11.3 Å². The summed E-state index contributed by atoms with van der Waals surface area (Å²) in [7, 11) is 1.57. The first-order chi connectivity index (χ1) is 9.49. The number of rotatable bonds is 1. The molecule has 1 aromatic heterocycles. The molecule has 0 spiro atoms. The van der Waals surface area contributed by atoms with Crippen molar-refractivity contribution in [3.8, 4) is 0 Å². The van der Waals surface area contributed by atoms with E-state index in [4.69, 9.17) is 4.74 Å². The Morgan fingerprint density at radius 1 is 1.33 bits per heavy atom. The quantitative estimate of drug-likeness (QED) is 0.779. The highest BCUT2D eigenvalue weighted by Gasteiger charge is 2.40. The van der Waals surface area contributed by atoms with Gasteiger partial charge in [0, 0.05) is 29.8 Å². The number of hydrogen-bond acceptors (Lipinski definition) is 3. The molecule has 0 bridgehead atoms. The van der Waals surface area contributed by atoms with Gasteiger partial charge in [-0.2, -0.15) is 13.2 Å². The monoisotopic (exact) mass is 321 g/mol. The average Bonchev–Trinajstić information content (AvgIpc) is 2.82. The van der Waals surface area contributed by atoms with Crippen LogP contribution in [0.15, 0.2) is 5.38 Å². The van der Waals surface area contributed by atoms with E-state index in [1.54, 1.807) is 27.8 Å². The van der Waals surface area contributed by atoms with Crippen LogP contribution in [0.1, 0.15) is 36.8 Å². The van der Waals surface area contributed by atoms with E-state index in [1.807, 2.05) is 0 Å². The van der Waals surface area contributed by atoms with Crippen molar-refractivity contribution in [2.75, 3.05) is 7.05 Å². The highest BCUT2D eigenvalue weighted by molar-refractivity contribution is 7.10. The Balaban J connectivity index is 2.10. The van der Waals surface area contributed by atoms with Crippen molar-refractivity contribution in [1.82, 2.24) is 4.90 Å². The van der Waals surface area contributed by atoms with Gasteiger partial charge in [-0.05, 0) is 32.8 Å². The van der Waals surface area contributed by atoms with Crippen LogP contribution in [0.2, 0.25) is 0 Å². The molecule has 1 unspecified atom stereocenters. The average molecular weight is 321 g/mol. The Morgan fingerprint density at radius 2 is 1.95 bits per heavy atom. The highest BCUT2D eigenvalue weighted by atomic mass is 32.1. The summed E-state index contributed by atoms with van der Waals surface area (Å²) in [6.45, 7) is 5.27. The summed E-state index contributed by atoms with van der Waals surface area (Å²) in [5.41, 5.74) is -0.859. The van der Waals surface area contributed by atoms with Crippen LogP contribution in [-0.4, -0.2) is 29.7 Å². The first-order valence-corrected chi connectivity index (χ1v) is 7.49. The third kappa shape index (κ3) is 3.51. The molecule has 0 saturated carbocycles. The van der Waals surface area contributed by atoms with Crippen LogP contribution in [0.5, 0.6) is 0 Å². The Hall–Kier alpha value is -1.24. The number of amides is 1. The Labute approximate surface area is 125 Å². The van der Waals surface area contributed by atoms with Gasteiger partial charge in [-0.3, -0.25) is 0 Å². The first-order valence-electron chi connectivity index (χ1n) is 6.61. The summed E-state index contributed by atoms with van der Waals surface area (Å²) in [6.07, 6.45) is -4.16. The van der Waals surface area contributed by atoms with Crippen molar-refractivity contribution in [2.45, 2.75) is 51.4 Å². The standard InChI is InChI=1S/C14H18F3NO2S/c1-13(2,3)20-12(19)18(4)8-5-9-10(14(15,16)17)7-21-11(9)6-8/h7-8H,5-6H2,1-4H3. The minimum Gasteiger partial charge on any atom is -0.444 e. The van der Waals surface area contributed by atoms with E-state index in [2.05, 4.69) is 0 Å². The number of halogens is 3. The summed E-state index contributed by atoms with van der Waals surface area (Å²) in [5.74, 6) is 0. The van der Waals surface area contributed by atoms with Gasteiger partial charge in [0.1, 0.15) is 5.60 Å². The van der Waals surface area contributed by atoms with Crippen molar-refractivity contribution in [3.05, 3.63) is 21.4 Å². The number of hydrogen-bond donors (Lipinski definition) is 0. The fraction of sp³-hybridized carbons (Fsp3) is 0.643. The van der Waals surface area contributed by atoms with E-state index < -0.39 is 23.4 Å². The molecule has 118 valence electrons. The number of carbonyl (C=O) groups is 1. The molecule has 7 heteroatoms. The molecule has 0 aromatic carbocycles. The lowest BCUT2D eigenvalue weighted by Gasteiger charge is -2.28. The zero-order valence-corrected chi connectivity index (χ0v) is 13.2. The maximum absolute atomic E-state index is 12.9. The lowest BCUT2D eigenvalue weighted by molar-refractivity contribution is -0.137. The molecular weight excluding hydrogens is 303 g/mol. The summed E-state index contributed by atoms with van der Waals surface area (Å²) in [4.78, 5) is 14.1. The van der Waals surface area contributed by atoms with Gasteiger partial charge in [0.15, 0.2) is 0 Å². The normalized spacial score (nSPS) is 18.5. The van der Waals surface area contributed by atoms with E-state index in [-0.39, 0.29) is 12.5 Å². The second-order valence-corrected chi connectivity index (χ2v) is 7.17. The second kappa shape index (κ2) is 5.19. The smallest absolute Gasteiger partial charge is 0.417 e. The van der Waals surface area contributed by atoms with Gasteiger partial charge in [-0.15, -0.1) is 11.3 Å². The van der Waals surface area contributed by atoms with Crippen molar-refractivity contribution >= 4 is 17.4 Å². The molecule has 0 fully saturated rings. The molecule has 1 aromatic rings. The maximum Gasteiger partial charge on any atom is 0.417 e. The molecule has 0 N–H and O–H groups in total. The summed E-state index contributed by atoms with van der Waals surface area (Å²) in [5, 5.41) is 1.16. The van der Waals surface area contributed by atoms with E-state index in [9.17, 15) is 18.0 Å². The number of carbonyl (C=O) groups excluding carboxylic acids is 1. The zero-order chi connectivity index (χ0) is 16.0. The molecular formula is C14H18F3NO2S. The highest BCUT2D eigenvalue weighted by Crippen LogP contribution is 2.41. The fourth-order valence-electron chi connectivity index (χ4n) is 2.33. The number of fused-ring (bicyclic) bond motifs is 1. The van der Waals surface area contributed by atoms with E-state index in [1.165, 1.54) is 4.90 Å². The Kier molecular flexibility index (Phi) is 3.99. The van der Waals surface area contributed by atoms with Crippen molar-refractivity contribution in [3.63, 3.8) is 0 Å². The van der Waals surface area contributed by atoms with Gasteiger partial charge in [0.05, 0.1) is 5.56 Å². The number of nitrogens with zero attached hydrogens (tertiary/aromatic N) is 1. The fourth-order valence-corrected chi connectivity index (χ4v) is 3.49. The Bertz CT molecular complexity index is 545. The van der Waals surface area contributed by atoms with Crippen LogP contribution < -0.4 is 0 Å². The van der Waals surface area contributed by atoms with E-state index in [0.29, 0.717) is 16.9 Å². The molecule has 1 aliphatic carbocycles. The molecule has 0 radical (unpaired) electrons. The maximum atomic E-state index is 12.9. The van der Waals surface area contributed by atoms with Gasteiger partial charge in [0.25, 0.3) is 0 Å². The van der Waals surface area contributed by atoms with Gasteiger partial charge >= 0.3 is 12.3 Å². The lowest BCUT2D eigenvalue weighted by Crippen LogP contribution is -2.41. The van der Waals surface area contributed by atoms with Crippen molar-refractivity contribution < 1.29 is 22.7 Å². The largest absolute Gasteiger partial charge is 0.444 e. The topological polar surface area (TPSA) is 29.5 Å². The van der Waals surface area contributed by atoms with Crippen LogP contribution in [-0.2, 0) is 23.8 Å². The molecule has 2 rings (SSSR count). The number of ether oxygens (including phenoxy) is 1. The molecule has 0 aliphatic heterocycles. The molecule has 1 heterocycles. The minimum atomic E-state index is -4.33. The summed E-state index contributed by atoms with van der Waals surface area (Å²) >= 11 is 1.11. The summed E-state index contributed by atoms with van der Waals surface area (Å²) < 4.78 is 43.9. The lowest BCUT2D eigenvalue weighted by atomic mass is 10.1. The molecule has 21 heavy (non-hydrogen) atoms. The summed E-state index contributed by atoms with van der Waals surface area (Å²) in [6, 6.07) is -0.275. The van der Waals surface area contributed by atoms with Gasteiger partial charge in [-0.25, -0.2) is 4.79 Å². The molecule has 3 nitrogen and oxygen atoms in total. The van der Waals surface area contributed by atoms with Crippen LogP contribution in [0, 0.1) is 0 Å². The predicted molar refractivity (Wildman–Crippen MR) is 74.5 cm³/mol. The molecule has 1 aliphatic rings. The molecule has 0 saturated heterocycles. The number of alkyl halides is 3. The third-order valence-corrected chi connectivity index (χ3v) is 4.43. The first kappa shape index (κ1) is 16.1. The number of likely N-dealkylation sites (N-methyl/N-ethyl adjacent to an activating group) is 1. The third-order valence-electron chi connectivity index (χ3n) is 3.38. The molecule has 1 amide bonds. The van der Waals surface area contributed by atoms with Gasteiger partial charge in [-0.1, -0.05) is 0 Å². The van der Waals surface area contributed by atoms with Crippen LogP contribution in [0.4, 0.5) is 18.0 Å². The van der Waals surface area contributed by atoms with Crippen molar-refractivity contribution in [1.29, 1.82) is 0 Å².